The number of nitrogens with two attached hydrogens (primary N) is 1. The fourth-order valence-corrected chi connectivity index (χ4v) is 2.00. The zero-order chi connectivity index (χ0) is 12.1. The van der Waals surface area contributed by atoms with Crippen molar-refractivity contribution in [2.75, 3.05) is 26.2 Å². The summed E-state index contributed by atoms with van der Waals surface area (Å²) in [6, 6.07) is 6.50. The molecule has 110 valence electrons. The van der Waals surface area contributed by atoms with Crippen molar-refractivity contribution >= 4 is 24.8 Å². The van der Waals surface area contributed by atoms with Gasteiger partial charge in [0.15, 0.2) is 0 Å². The molecule has 0 spiro atoms. The van der Waals surface area contributed by atoms with E-state index in [9.17, 15) is 4.39 Å². The average Bonchev–Trinajstić information content (AvgIpc) is 2.34. The summed E-state index contributed by atoms with van der Waals surface area (Å²) in [5.41, 5.74) is 5.84. The fraction of sp³-hybridized carbons (Fsp3) is 0.538. The highest BCUT2D eigenvalue weighted by molar-refractivity contribution is 5.85. The van der Waals surface area contributed by atoms with Gasteiger partial charge in [0, 0.05) is 12.6 Å². The number of hydrogen-bond acceptors (Lipinski definition) is 3. The molecule has 0 unspecified atom stereocenters. The highest BCUT2D eigenvalue weighted by atomic mass is 35.5. The molecule has 0 saturated carbocycles. The minimum atomic E-state index is -0.234. The summed E-state index contributed by atoms with van der Waals surface area (Å²) in [5, 5.41) is 0. The van der Waals surface area contributed by atoms with E-state index in [2.05, 4.69) is 4.90 Å². The summed E-state index contributed by atoms with van der Waals surface area (Å²) in [6.07, 6.45) is 2.13. The molecule has 1 fully saturated rings. The molecule has 6 heteroatoms. The number of ether oxygens (including phenoxy) is 1. The lowest BCUT2D eigenvalue weighted by atomic mass is 10.1. The molecule has 0 aliphatic carbocycles. The van der Waals surface area contributed by atoms with Gasteiger partial charge in [-0.15, -0.1) is 24.8 Å². The first kappa shape index (κ1) is 18.4. The molecule has 0 atom stereocenters. The largest absolute Gasteiger partial charge is 0.492 e. The Hall–Kier alpha value is -0.550. The number of halogens is 3. The van der Waals surface area contributed by atoms with Gasteiger partial charge in [0.25, 0.3) is 0 Å². The summed E-state index contributed by atoms with van der Waals surface area (Å²) >= 11 is 0. The van der Waals surface area contributed by atoms with Crippen molar-refractivity contribution < 1.29 is 9.13 Å². The van der Waals surface area contributed by atoms with Gasteiger partial charge >= 0.3 is 0 Å². The van der Waals surface area contributed by atoms with Crippen molar-refractivity contribution in [3.05, 3.63) is 30.1 Å². The Morgan fingerprint density at radius 3 is 2.32 bits per heavy atom. The Balaban J connectivity index is 0.00000162. The van der Waals surface area contributed by atoms with Crippen LogP contribution in [-0.4, -0.2) is 37.2 Å². The molecule has 1 aliphatic rings. The maximum absolute atomic E-state index is 12.7. The Morgan fingerprint density at radius 1 is 1.16 bits per heavy atom. The lowest BCUT2D eigenvalue weighted by Crippen LogP contribution is -2.41. The third-order valence-corrected chi connectivity index (χ3v) is 3.12. The minimum Gasteiger partial charge on any atom is -0.492 e. The molecule has 2 rings (SSSR count). The van der Waals surface area contributed by atoms with Crippen LogP contribution >= 0.6 is 24.8 Å². The van der Waals surface area contributed by atoms with E-state index in [0.29, 0.717) is 12.6 Å². The van der Waals surface area contributed by atoms with Gasteiger partial charge < -0.3 is 10.5 Å². The third-order valence-electron chi connectivity index (χ3n) is 3.12. The van der Waals surface area contributed by atoms with E-state index >= 15 is 0 Å². The van der Waals surface area contributed by atoms with Crippen molar-refractivity contribution in [2.45, 2.75) is 18.9 Å². The standard InChI is InChI=1S/C13H19FN2O.2ClH/c14-11-1-3-13(4-2-11)17-10-9-16-7-5-12(15)6-8-16;;/h1-4,12H,5-10,15H2;2*1H. The average molecular weight is 311 g/mol. The second kappa shape index (κ2) is 9.37. The molecule has 19 heavy (non-hydrogen) atoms. The highest BCUT2D eigenvalue weighted by Crippen LogP contribution is 2.12. The number of piperidine rings is 1. The van der Waals surface area contributed by atoms with E-state index in [1.807, 2.05) is 0 Å². The highest BCUT2D eigenvalue weighted by Gasteiger charge is 2.15. The van der Waals surface area contributed by atoms with Crippen LogP contribution < -0.4 is 10.5 Å². The van der Waals surface area contributed by atoms with Gasteiger partial charge in [-0.05, 0) is 50.2 Å². The van der Waals surface area contributed by atoms with Crippen LogP contribution in [0.25, 0.3) is 0 Å². The molecule has 2 N–H and O–H groups in total. The number of hydrogen-bond donors (Lipinski definition) is 1. The normalized spacial score (nSPS) is 16.3. The molecule has 1 aromatic rings. The smallest absolute Gasteiger partial charge is 0.123 e. The van der Waals surface area contributed by atoms with Gasteiger partial charge in [-0.1, -0.05) is 0 Å². The zero-order valence-corrected chi connectivity index (χ0v) is 12.4. The zero-order valence-electron chi connectivity index (χ0n) is 10.8. The predicted molar refractivity (Wildman–Crippen MR) is 80.0 cm³/mol. The van der Waals surface area contributed by atoms with Gasteiger partial charge in [0.2, 0.25) is 0 Å². The molecular weight excluding hydrogens is 290 g/mol. The second-order valence-electron chi connectivity index (χ2n) is 4.48. The van der Waals surface area contributed by atoms with Gasteiger partial charge in [-0.3, -0.25) is 4.90 Å². The van der Waals surface area contributed by atoms with E-state index in [1.54, 1.807) is 12.1 Å². The maximum Gasteiger partial charge on any atom is 0.123 e. The fourth-order valence-electron chi connectivity index (χ4n) is 2.00. The Kier molecular flexibility index (Phi) is 9.10. The molecule has 1 saturated heterocycles. The predicted octanol–water partition coefficient (Wildman–Crippen LogP) is 2.47. The van der Waals surface area contributed by atoms with E-state index in [-0.39, 0.29) is 30.6 Å². The molecule has 0 bridgehead atoms. The van der Waals surface area contributed by atoms with Crippen LogP contribution in [0.15, 0.2) is 24.3 Å². The third kappa shape index (κ3) is 6.43. The van der Waals surface area contributed by atoms with Gasteiger partial charge in [-0.2, -0.15) is 0 Å². The van der Waals surface area contributed by atoms with Crippen LogP contribution in [0.5, 0.6) is 5.75 Å². The van der Waals surface area contributed by atoms with Crippen molar-refractivity contribution in [2.24, 2.45) is 5.73 Å². The van der Waals surface area contributed by atoms with Crippen LogP contribution in [-0.2, 0) is 0 Å². The van der Waals surface area contributed by atoms with Crippen LogP contribution in [0.3, 0.4) is 0 Å². The molecule has 0 amide bonds. The van der Waals surface area contributed by atoms with Crippen LogP contribution in [0.1, 0.15) is 12.8 Å². The molecule has 1 aromatic carbocycles. The van der Waals surface area contributed by atoms with Crippen LogP contribution in [0, 0.1) is 5.82 Å². The second-order valence-corrected chi connectivity index (χ2v) is 4.48. The first-order valence-corrected chi connectivity index (χ1v) is 6.10. The first-order chi connectivity index (χ1) is 8.24. The SMILES string of the molecule is Cl.Cl.NC1CCN(CCOc2ccc(F)cc2)CC1. The Morgan fingerprint density at radius 2 is 1.74 bits per heavy atom. The maximum atomic E-state index is 12.7. The molecule has 0 radical (unpaired) electrons. The van der Waals surface area contributed by atoms with Crippen molar-refractivity contribution in [1.29, 1.82) is 0 Å². The number of nitrogens with zero attached hydrogens (tertiary/aromatic N) is 1. The van der Waals surface area contributed by atoms with Crippen molar-refractivity contribution in [3.63, 3.8) is 0 Å². The van der Waals surface area contributed by atoms with E-state index in [0.717, 1.165) is 38.2 Å². The van der Waals surface area contributed by atoms with Gasteiger partial charge in [-0.25, -0.2) is 4.39 Å². The molecule has 1 aliphatic heterocycles. The number of rotatable bonds is 4. The summed E-state index contributed by atoms with van der Waals surface area (Å²) in [7, 11) is 0. The quantitative estimate of drug-likeness (QED) is 0.928. The molecule has 3 nitrogen and oxygen atoms in total. The molecule has 1 heterocycles. The summed E-state index contributed by atoms with van der Waals surface area (Å²) in [4.78, 5) is 2.35. The monoisotopic (exact) mass is 310 g/mol. The number of benzene rings is 1. The minimum absolute atomic E-state index is 0. The number of likely N-dealkylation sites (tertiary alicyclic amines) is 1. The topological polar surface area (TPSA) is 38.5 Å². The lowest BCUT2D eigenvalue weighted by molar-refractivity contribution is 0.174. The molecule has 0 aromatic heterocycles. The summed E-state index contributed by atoms with van der Waals surface area (Å²) in [5.74, 6) is 0.488. The first-order valence-electron chi connectivity index (χ1n) is 6.10. The van der Waals surface area contributed by atoms with Crippen LogP contribution in [0.2, 0.25) is 0 Å². The van der Waals surface area contributed by atoms with E-state index in [1.165, 1.54) is 12.1 Å². The van der Waals surface area contributed by atoms with E-state index < -0.39 is 0 Å². The Bertz CT molecular complexity index is 343. The van der Waals surface area contributed by atoms with Crippen LogP contribution in [0.4, 0.5) is 4.39 Å². The van der Waals surface area contributed by atoms with Crippen molar-refractivity contribution in [3.8, 4) is 5.75 Å². The van der Waals surface area contributed by atoms with Gasteiger partial charge in [0.1, 0.15) is 18.2 Å². The van der Waals surface area contributed by atoms with Gasteiger partial charge in [0.05, 0.1) is 0 Å². The Labute approximate surface area is 126 Å². The summed E-state index contributed by atoms with van der Waals surface area (Å²) in [6.45, 7) is 3.65. The molecular formula is C13H21Cl2FN2O. The summed E-state index contributed by atoms with van der Waals surface area (Å²) < 4.78 is 18.2. The van der Waals surface area contributed by atoms with Crippen molar-refractivity contribution in [1.82, 2.24) is 4.90 Å². The van der Waals surface area contributed by atoms with E-state index in [4.69, 9.17) is 10.5 Å². The lowest BCUT2D eigenvalue weighted by Gasteiger charge is -2.29.